The first-order valence-corrected chi connectivity index (χ1v) is 7.82. The van der Waals surface area contributed by atoms with Gasteiger partial charge in [0.15, 0.2) is 11.5 Å². The Balaban J connectivity index is 2.01. The molecule has 1 heterocycles. The van der Waals surface area contributed by atoms with Gasteiger partial charge >= 0.3 is 0 Å². The summed E-state index contributed by atoms with van der Waals surface area (Å²) in [6, 6.07) is 3.96. The molecule has 94 valence electrons. The zero-order valence-corrected chi connectivity index (χ0v) is 12.2. The van der Waals surface area contributed by atoms with E-state index in [0.29, 0.717) is 13.2 Å². The molecule has 1 aromatic carbocycles. The van der Waals surface area contributed by atoms with Crippen molar-refractivity contribution in [2.24, 2.45) is 0 Å². The topological polar surface area (TPSA) is 30.5 Å². The summed E-state index contributed by atoms with van der Waals surface area (Å²) in [5.74, 6) is 2.82. The van der Waals surface area contributed by atoms with Crippen LogP contribution in [0.1, 0.15) is 6.42 Å². The highest BCUT2D eigenvalue weighted by molar-refractivity contribution is 9.10. The molecule has 0 aliphatic carbocycles. The summed E-state index contributed by atoms with van der Waals surface area (Å²) in [7, 11) is 0. The molecular formula is C12H16BrNO2S. The molecular weight excluding hydrogens is 302 g/mol. The first kappa shape index (κ1) is 12.9. The molecule has 1 N–H and O–H groups in total. The number of anilines is 1. The van der Waals surface area contributed by atoms with Crippen molar-refractivity contribution in [1.82, 2.24) is 0 Å². The maximum Gasteiger partial charge on any atom is 0.163 e. The second-order valence-corrected chi connectivity index (χ2v) is 5.59. The van der Waals surface area contributed by atoms with Gasteiger partial charge in [-0.05, 0) is 34.4 Å². The Morgan fingerprint density at radius 2 is 2.00 bits per heavy atom. The Morgan fingerprint density at radius 1 is 1.29 bits per heavy atom. The van der Waals surface area contributed by atoms with Crippen molar-refractivity contribution >= 4 is 33.4 Å². The molecule has 0 radical (unpaired) electrons. The maximum absolute atomic E-state index is 5.56. The van der Waals surface area contributed by atoms with E-state index in [1.807, 2.05) is 23.9 Å². The summed E-state index contributed by atoms with van der Waals surface area (Å²) >= 11 is 5.41. The van der Waals surface area contributed by atoms with Crippen LogP contribution in [-0.4, -0.2) is 31.8 Å². The van der Waals surface area contributed by atoms with Gasteiger partial charge in [0.2, 0.25) is 0 Å². The predicted molar refractivity (Wildman–Crippen MR) is 76.6 cm³/mol. The van der Waals surface area contributed by atoms with E-state index in [4.69, 9.17) is 9.47 Å². The molecule has 0 amide bonds. The molecule has 0 atom stereocenters. The molecule has 0 fully saturated rings. The molecule has 0 saturated carbocycles. The van der Waals surface area contributed by atoms with E-state index in [-0.39, 0.29) is 0 Å². The van der Waals surface area contributed by atoms with Gasteiger partial charge in [-0.3, -0.25) is 0 Å². The van der Waals surface area contributed by atoms with Gasteiger partial charge in [0.25, 0.3) is 0 Å². The lowest BCUT2D eigenvalue weighted by molar-refractivity contribution is 0.171. The summed E-state index contributed by atoms with van der Waals surface area (Å²) in [5, 5.41) is 3.40. The molecule has 5 heteroatoms. The lowest BCUT2D eigenvalue weighted by atomic mass is 10.2. The van der Waals surface area contributed by atoms with Gasteiger partial charge in [-0.25, -0.2) is 0 Å². The Morgan fingerprint density at radius 3 is 2.71 bits per heavy atom. The van der Waals surface area contributed by atoms with Gasteiger partial charge in [-0.15, -0.1) is 0 Å². The number of fused-ring (bicyclic) bond motifs is 1. The normalized spacial score (nSPS) is 13.5. The fraction of sp³-hybridized carbons (Fsp3) is 0.500. The van der Waals surface area contributed by atoms with Crippen LogP contribution in [0.15, 0.2) is 16.6 Å². The van der Waals surface area contributed by atoms with Crippen LogP contribution in [0.2, 0.25) is 0 Å². The molecule has 0 saturated heterocycles. The van der Waals surface area contributed by atoms with Crippen LogP contribution in [0.5, 0.6) is 11.5 Å². The summed E-state index contributed by atoms with van der Waals surface area (Å²) in [5.41, 5.74) is 1.07. The Bertz CT molecular complexity index is 387. The third kappa shape index (κ3) is 3.45. The zero-order valence-electron chi connectivity index (χ0n) is 9.79. The van der Waals surface area contributed by atoms with Gasteiger partial charge < -0.3 is 14.8 Å². The van der Waals surface area contributed by atoms with Crippen molar-refractivity contribution in [1.29, 1.82) is 0 Å². The zero-order chi connectivity index (χ0) is 12.1. The number of ether oxygens (including phenoxy) is 2. The van der Waals surface area contributed by atoms with Crippen LogP contribution in [0, 0.1) is 0 Å². The third-order valence-electron chi connectivity index (χ3n) is 2.47. The van der Waals surface area contributed by atoms with Crippen LogP contribution in [0.4, 0.5) is 5.69 Å². The van der Waals surface area contributed by atoms with E-state index in [1.165, 1.54) is 5.75 Å². The van der Waals surface area contributed by atoms with E-state index in [1.54, 1.807) is 0 Å². The van der Waals surface area contributed by atoms with Crippen LogP contribution in [0.3, 0.4) is 0 Å². The maximum atomic E-state index is 5.56. The van der Waals surface area contributed by atoms with E-state index in [2.05, 4.69) is 27.5 Å². The van der Waals surface area contributed by atoms with Crippen molar-refractivity contribution in [3.05, 3.63) is 16.6 Å². The summed E-state index contributed by atoms with van der Waals surface area (Å²) < 4.78 is 12.1. The molecule has 2 rings (SSSR count). The molecule has 0 unspecified atom stereocenters. The fourth-order valence-corrected chi connectivity index (χ4v) is 2.53. The van der Waals surface area contributed by atoms with Gasteiger partial charge in [0, 0.05) is 23.2 Å². The van der Waals surface area contributed by atoms with E-state index in [0.717, 1.165) is 34.6 Å². The fourth-order valence-electron chi connectivity index (χ4n) is 1.64. The van der Waals surface area contributed by atoms with Crippen molar-refractivity contribution in [2.75, 3.05) is 37.1 Å². The molecule has 0 spiro atoms. The van der Waals surface area contributed by atoms with Crippen LogP contribution >= 0.6 is 27.7 Å². The molecule has 1 aliphatic rings. The first-order valence-electron chi connectivity index (χ1n) is 5.63. The Kier molecular flexibility index (Phi) is 4.86. The average molecular weight is 318 g/mol. The monoisotopic (exact) mass is 317 g/mol. The predicted octanol–water partition coefficient (Wildman–Crippen LogP) is 3.39. The molecule has 1 aliphatic heterocycles. The van der Waals surface area contributed by atoms with Gasteiger partial charge in [0.05, 0.1) is 5.69 Å². The number of halogens is 1. The van der Waals surface area contributed by atoms with Crippen LogP contribution < -0.4 is 14.8 Å². The van der Waals surface area contributed by atoms with E-state index >= 15 is 0 Å². The number of hydrogen-bond donors (Lipinski definition) is 1. The van der Waals surface area contributed by atoms with Crippen LogP contribution in [-0.2, 0) is 0 Å². The Labute approximate surface area is 114 Å². The minimum Gasteiger partial charge on any atom is -0.486 e. The molecule has 0 aromatic heterocycles. The summed E-state index contributed by atoms with van der Waals surface area (Å²) in [6.07, 6.45) is 3.28. The van der Waals surface area contributed by atoms with Crippen molar-refractivity contribution in [3.8, 4) is 11.5 Å². The Hall–Kier alpha value is -0.550. The highest BCUT2D eigenvalue weighted by atomic mass is 79.9. The number of thioether (sulfide) groups is 1. The number of rotatable bonds is 5. The average Bonchev–Trinajstić information content (AvgIpc) is 2.35. The lowest BCUT2D eigenvalue weighted by Crippen LogP contribution is -2.15. The molecule has 0 bridgehead atoms. The van der Waals surface area contributed by atoms with E-state index in [9.17, 15) is 0 Å². The van der Waals surface area contributed by atoms with Gasteiger partial charge in [0.1, 0.15) is 13.2 Å². The molecule has 3 nitrogen and oxygen atoms in total. The van der Waals surface area contributed by atoms with Crippen molar-refractivity contribution in [2.45, 2.75) is 6.42 Å². The minimum atomic E-state index is 0.625. The van der Waals surface area contributed by atoms with Gasteiger partial charge in [-0.2, -0.15) is 11.8 Å². The largest absolute Gasteiger partial charge is 0.486 e. The second kappa shape index (κ2) is 6.40. The second-order valence-electron chi connectivity index (χ2n) is 3.75. The number of hydrogen-bond acceptors (Lipinski definition) is 4. The summed E-state index contributed by atoms with van der Waals surface area (Å²) in [6.45, 7) is 2.22. The lowest BCUT2D eigenvalue weighted by Gasteiger charge is -2.20. The molecule has 17 heavy (non-hydrogen) atoms. The number of benzene rings is 1. The highest BCUT2D eigenvalue weighted by Crippen LogP contribution is 2.38. The number of nitrogens with one attached hydrogen (secondary N) is 1. The van der Waals surface area contributed by atoms with Crippen LogP contribution in [0.25, 0.3) is 0 Å². The third-order valence-corrected chi connectivity index (χ3v) is 3.83. The smallest absolute Gasteiger partial charge is 0.163 e. The van der Waals surface area contributed by atoms with Crippen molar-refractivity contribution < 1.29 is 9.47 Å². The standard InChI is InChI=1S/C12H16BrNO2S/c1-17-6-2-3-14-10-8-12-11(7-9(10)13)15-4-5-16-12/h7-8,14H,2-6H2,1H3. The highest BCUT2D eigenvalue weighted by Gasteiger charge is 2.14. The van der Waals surface area contributed by atoms with Crippen molar-refractivity contribution in [3.63, 3.8) is 0 Å². The van der Waals surface area contributed by atoms with E-state index < -0.39 is 0 Å². The van der Waals surface area contributed by atoms with Gasteiger partial charge in [-0.1, -0.05) is 0 Å². The molecule has 1 aromatic rings. The quantitative estimate of drug-likeness (QED) is 0.843. The minimum absolute atomic E-state index is 0.625. The summed E-state index contributed by atoms with van der Waals surface area (Å²) in [4.78, 5) is 0. The SMILES string of the molecule is CSCCCNc1cc2c(cc1Br)OCCO2. The first-order chi connectivity index (χ1) is 8.31.